The average Bonchev–Trinajstić information content (AvgIpc) is 2.63. The number of halogens is 4. The highest BCUT2D eigenvalue weighted by atomic mass is 19.4. The quantitative estimate of drug-likeness (QED) is 0.806. The molecular formula is C16H18F4N6. The molecule has 26 heavy (non-hydrogen) atoms. The standard InChI is InChI=1S/C16H18F4N6/c1-21-14-12(17)8-23-15(25-14)24-11-3-2-6-26(9-11)13-5-4-10(7-22-13)16(18,19)20/h4-5,7-8,11H,2-3,6,9H2,1H3,(H2,21,23,24,25)/t11-/m1/s1. The van der Waals surface area contributed by atoms with Crippen molar-refractivity contribution in [3.63, 3.8) is 0 Å². The Morgan fingerprint density at radius 1 is 1.19 bits per heavy atom. The molecule has 1 saturated heterocycles. The molecular weight excluding hydrogens is 352 g/mol. The van der Waals surface area contributed by atoms with Crippen LogP contribution in [-0.4, -0.2) is 41.1 Å². The lowest BCUT2D eigenvalue weighted by Gasteiger charge is -2.34. The summed E-state index contributed by atoms with van der Waals surface area (Å²) in [5.41, 5.74) is -0.771. The Bertz CT molecular complexity index is 749. The third-order valence-electron chi connectivity index (χ3n) is 4.13. The maximum atomic E-state index is 13.4. The van der Waals surface area contributed by atoms with Gasteiger partial charge in [0.2, 0.25) is 5.95 Å². The van der Waals surface area contributed by atoms with Crippen molar-refractivity contribution in [3.8, 4) is 0 Å². The van der Waals surface area contributed by atoms with Gasteiger partial charge in [0, 0.05) is 32.4 Å². The molecule has 0 bridgehead atoms. The molecule has 2 aromatic heterocycles. The molecule has 0 radical (unpaired) electrons. The van der Waals surface area contributed by atoms with Gasteiger partial charge in [0.05, 0.1) is 11.8 Å². The molecule has 0 aliphatic carbocycles. The van der Waals surface area contributed by atoms with Crippen LogP contribution in [0.25, 0.3) is 0 Å². The van der Waals surface area contributed by atoms with Gasteiger partial charge in [-0.2, -0.15) is 18.2 Å². The molecule has 10 heteroatoms. The number of hydrogen-bond donors (Lipinski definition) is 2. The van der Waals surface area contributed by atoms with Crippen molar-refractivity contribution < 1.29 is 17.6 Å². The topological polar surface area (TPSA) is 66.0 Å². The summed E-state index contributed by atoms with van der Waals surface area (Å²) in [6.45, 7) is 1.23. The number of alkyl halides is 3. The van der Waals surface area contributed by atoms with Crippen molar-refractivity contribution in [3.05, 3.63) is 35.9 Å². The lowest BCUT2D eigenvalue weighted by atomic mass is 10.1. The molecule has 2 aromatic rings. The first-order valence-electron chi connectivity index (χ1n) is 8.12. The number of nitrogens with zero attached hydrogens (tertiary/aromatic N) is 4. The molecule has 0 aromatic carbocycles. The number of pyridine rings is 1. The van der Waals surface area contributed by atoms with Gasteiger partial charge >= 0.3 is 6.18 Å². The Hall–Kier alpha value is -2.65. The monoisotopic (exact) mass is 370 g/mol. The van der Waals surface area contributed by atoms with E-state index in [0.29, 0.717) is 24.9 Å². The minimum atomic E-state index is -4.40. The molecule has 6 nitrogen and oxygen atoms in total. The van der Waals surface area contributed by atoms with Gasteiger partial charge in [-0.3, -0.25) is 0 Å². The summed E-state index contributed by atoms with van der Waals surface area (Å²) in [5, 5.41) is 5.79. The molecule has 2 N–H and O–H groups in total. The van der Waals surface area contributed by atoms with Gasteiger partial charge < -0.3 is 15.5 Å². The summed E-state index contributed by atoms with van der Waals surface area (Å²) in [7, 11) is 1.56. The van der Waals surface area contributed by atoms with Gasteiger partial charge in [-0.15, -0.1) is 0 Å². The fourth-order valence-corrected chi connectivity index (χ4v) is 2.84. The Labute approximate surface area is 147 Å². The number of hydrogen-bond acceptors (Lipinski definition) is 6. The highest BCUT2D eigenvalue weighted by Gasteiger charge is 2.31. The zero-order valence-electron chi connectivity index (χ0n) is 14.0. The summed E-state index contributed by atoms with van der Waals surface area (Å²) < 4.78 is 51.4. The van der Waals surface area contributed by atoms with Crippen LogP contribution in [0.2, 0.25) is 0 Å². The van der Waals surface area contributed by atoms with Crippen LogP contribution in [0, 0.1) is 5.82 Å². The highest BCUT2D eigenvalue weighted by Crippen LogP contribution is 2.30. The predicted molar refractivity (Wildman–Crippen MR) is 89.6 cm³/mol. The average molecular weight is 370 g/mol. The lowest BCUT2D eigenvalue weighted by Crippen LogP contribution is -2.42. The van der Waals surface area contributed by atoms with E-state index < -0.39 is 17.6 Å². The van der Waals surface area contributed by atoms with Crippen LogP contribution in [0.5, 0.6) is 0 Å². The molecule has 1 aliphatic rings. The lowest BCUT2D eigenvalue weighted by molar-refractivity contribution is -0.137. The van der Waals surface area contributed by atoms with Gasteiger partial charge in [-0.1, -0.05) is 0 Å². The predicted octanol–water partition coefficient (Wildman–Crippen LogP) is 3.15. The Balaban J connectivity index is 1.67. The van der Waals surface area contributed by atoms with E-state index in [0.717, 1.165) is 31.3 Å². The fraction of sp³-hybridized carbons (Fsp3) is 0.438. The maximum absolute atomic E-state index is 13.4. The van der Waals surface area contributed by atoms with Crippen LogP contribution in [0.3, 0.4) is 0 Å². The zero-order valence-corrected chi connectivity index (χ0v) is 14.0. The highest BCUT2D eigenvalue weighted by molar-refractivity contribution is 5.43. The Kier molecular flexibility index (Phi) is 5.10. The number of anilines is 3. The second kappa shape index (κ2) is 7.30. The van der Waals surface area contributed by atoms with Crippen molar-refractivity contribution in [2.75, 3.05) is 35.7 Å². The zero-order chi connectivity index (χ0) is 18.7. The van der Waals surface area contributed by atoms with E-state index in [9.17, 15) is 17.6 Å². The van der Waals surface area contributed by atoms with Crippen molar-refractivity contribution in [2.45, 2.75) is 25.1 Å². The third kappa shape index (κ3) is 4.12. The van der Waals surface area contributed by atoms with Crippen LogP contribution >= 0.6 is 0 Å². The first kappa shape index (κ1) is 18.2. The van der Waals surface area contributed by atoms with Crippen molar-refractivity contribution >= 4 is 17.6 Å². The van der Waals surface area contributed by atoms with Gasteiger partial charge in [0.15, 0.2) is 11.6 Å². The maximum Gasteiger partial charge on any atom is 0.417 e. The molecule has 1 fully saturated rings. The molecule has 3 rings (SSSR count). The first-order chi connectivity index (χ1) is 12.4. The van der Waals surface area contributed by atoms with Crippen molar-refractivity contribution in [1.82, 2.24) is 15.0 Å². The van der Waals surface area contributed by atoms with E-state index in [1.165, 1.54) is 6.07 Å². The van der Waals surface area contributed by atoms with Crippen LogP contribution < -0.4 is 15.5 Å². The summed E-state index contributed by atoms with van der Waals surface area (Å²) >= 11 is 0. The van der Waals surface area contributed by atoms with Crippen LogP contribution in [0.4, 0.5) is 35.1 Å². The molecule has 0 saturated carbocycles. The van der Waals surface area contributed by atoms with Gasteiger partial charge in [0.25, 0.3) is 0 Å². The number of nitrogens with one attached hydrogen (secondary N) is 2. The van der Waals surface area contributed by atoms with Crippen molar-refractivity contribution in [1.29, 1.82) is 0 Å². The van der Waals surface area contributed by atoms with E-state index in [4.69, 9.17) is 0 Å². The van der Waals surface area contributed by atoms with E-state index in [2.05, 4.69) is 25.6 Å². The first-order valence-corrected chi connectivity index (χ1v) is 8.12. The van der Waals surface area contributed by atoms with E-state index in [1.54, 1.807) is 7.05 Å². The van der Waals surface area contributed by atoms with Gasteiger partial charge in [-0.25, -0.2) is 14.4 Å². The number of piperidine rings is 1. The molecule has 3 heterocycles. The van der Waals surface area contributed by atoms with E-state index in [-0.39, 0.29) is 11.9 Å². The number of rotatable bonds is 4. The molecule has 0 amide bonds. The Morgan fingerprint density at radius 2 is 2.00 bits per heavy atom. The molecule has 0 spiro atoms. The SMILES string of the molecule is CNc1nc(N[C@@H]2CCCN(c3ccc(C(F)(F)F)cn3)C2)ncc1F. The second-order valence-corrected chi connectivity index (χ2v) is 5.97. The van der Waals surface area contributed by atoms with E-state index >= 15 is 0 Å². The normalized spacial score (nSPS) is 17.9. The van der Waals surface area contributed by atoms with Crippen LogP contribution in [0.1, 0.15) is 18.4 Å². The number of aromatic nitrogens is 3. The summed E-state index contributed by atoms with van der Waals surface area (Å²) in [6, 6.07) is 2.38. The smallest absolute Gasteiger partial charge is 0.371 e. The third-order valence-corrected chi connectivity index (χ3v) is 4.13. The second-order valence-electron chi connectivity index (χ2n) is 5.97. The minimum absolute atomic E-state index is 0.0250. The van der Waals surface area contributed by atoms with E-state index in [1.807, 2.05) is 4.90 Å². The molecule has 1 atom stereocenters. The van der Waals surface area contributed by atoms with Crippen LogP contribution in [-0.2, 0) is 6.18 Å². The molecule has 140 valence electrons. The molecule has 0 unspecified atom stereocenters. The van der Waals surface area contributed by atoms with Crippen LogP contribution in [0.15, 0.2) is 24.5 Å². The largest absolute Gasteiger partial charge is 0.417 e. The van der Waals surface area contributed by atoms with Crippen molar-refractivity contribution in [2.24, 2.45) is 0 Å². The van der Waals surface area contributed by atoms with Gasteiger partial charge in [-0.05, 0) is 25.0 Å². The fourth-order valence-electron chi connectivity index (χ4n) is 2.84. The Morgan fingerprint density at radius 3 is 2.65 bits per heavy atom. The summed E-state index contributed by atoms with van der Waals surface area (Å²) in [4.78, 5) is 13.8. The van der Waals surface area contributed by atoms with Gasteiger partial charge in [0.1, 0.15) is 5.82 Å². The minimum Gasteiger partial charge on any atom is -0.371 e. The summed E-state index contributed by atoms with van der Waals surface area (Å²) in [5.74, 6) is 0.334. The summed E-state index contributed by atoms with van der Waals surface area (Å²) in [6.07, 6.45) is -0.802. The molecule has 1 aliphatic heterocycles.